The largest absolute Gasteiger partial charge is 0.317 e. The number of hydrogen-bond donors (Lipinski definition) is 1. The van der Waals surface area contributed by atoms with Crippen molar-refractivity contribution >= 4 is 27.3 Å². The quantitative estimate of drug-likeness (QED) is 0.529. The average Bonchev–Trinajstić information content (AvgIpc) is 2.85. The number of nitrogens with zero attached hydrogens (tertiary/aromatic N) is 1. The van der Waals surface area contributed by atoms with E-state index < -0.39 is 0 Å². The molecule has 0 spiro atoms. The molecule has 1 aliphatic heterocycles. The highest BCUT2D eigenvalue weighted by atomic mass is 79.9. The first kappa shape index (κ1) is 20.6. The fraction of sp³-hybridized carbons (Fsp3) is 0.682. The van der Waals surface area contributed by atoms with E-state index in [1.807, 2.05) is 0 Å². The second-order valence-electron chi connectivity index (χ2n) is 7.72. The third kappa shape index (κ3) is 5.40. The minimum atomic E-state index is 0.785. The van der Waals surface area contributed by atoms with Gasteiger partial charge < -0.3 is 5.32 Å². The highest BCUT2D eigenvalue weighted by Gasteiger charge is 2.17. The van der Waals surface area contributed by atoms with Crippen LogP contribution in [0.5, 0.6) is 0 Å². The normalized spacial score (nSPS) is 19.1. The van der Waals surface area contributed by atoms with Crippen molar-refractivity contribution in [2.24, 2.45) is 10.9 Å². The van der Waals surface area contributed by atoms with Gasteiger partial charge >= 0.3 is 0 Å². The molecule has 1 N–H and O–H groups in total. The Kier molecular flexibility index (Phi) is 8.15. The highest BCUT2D eigenvalue weighted by Crippen LogP contribution is 2.37. The van der Waals surface area contributed by atoms with E-state index in [9.17, 15) is 0 Å². The number of benzene rings is 1. The molecular weight excluding hydrogens is 372 g/mol. The Bertz CT molecular complexity index is 611. The van der Waals surface area contributed by atoms with Gasteiger partial charge in [0.1, 0.15) is 0 Å². The lowest BCUT2D eigenvalue weighted by Crippen LogP contribution is -2.14. The summed E-state index contributed by atoms with van der Waals surface area (Å²) in [6, 6.07) is 0. The average molecular weight is 407 g/mol. The Labute approximate surface area is 163 Å². The Morgan fingerprint density at radius 3 is 2.60 bits per heavy atom. The molecule has 0 saturated carbocycles. The Morgan fingerprint density at radius 2 is 1.88 bits per heavy atom. The van der Waals surface area contributed by atoms with Crippen LogP contribution >= 0.6 is 15.9 Å². The zero-order valence-corrected chi connectivity index (χ0v) is 18.4. The van der Waals surface area contributed by atoms with Crippen LogP contribution in [0, 0.1) is 26.7 Å². The first-order valence-electron chi connectivity index (χ1n) is 9.98. The summed E-state index contributed by atoms with van der Waals surface area (Å²) in [7, 11) is 0. The molecule has 1 fully saturated rings. The van der Waals surface area contributed by atoms with E-state index in [1.165, 1.54) is 76.8 Å². The van der Waals surface area contributed by atoms with Gasteiger partial charge in [0.2, 0.25) is 0 Å². The molecule has 1 heterocycles. The lowest BCUT2D eigenvalue weighted by Gasteiger charge is -2.19. The van der Waals surface area contributed by atoms with E-state index in [0.29, 0.717) is 0 Å². The van der Waals surface area contributed by atoms with E-state index in [1.54, 1.807) is 0 Å². The van der Waals surface area contributed by atoms with Crippen LogP contribution in [0.25, 0.3) is 0 Å². The van der Waals surface area contributed by atoms with Gasteiger partial charge in [-0.15, -0.1) is 0 Å². The zero-order chi connectivity index (χ0) is 18.4. The fourth-order valence-corrected chi connectivity index (χ4v) is 4.50. The molecular formula is C22H35BrN2. The minimum Gasteiger partial charge on any atom is -0.317 e. The van der Waals surface area contributed by atoms with Crippen LogP contribution in [0.4, 0.5) is 5.69 Å². The molecule has 0 aromatic heterocycles. The molecule has 140 valence electrons. The van der Waals surface area contributed by atoms with Gasteiger partial charge in [0, 0.05) is 10.2 Å². The smallest absolute Gasteiger partial charge is 0.0701 e. The van der Waals surface area contributed by atoms with Crippen molar-refractivity contribution in [1.82, 2.24) is 5.32 Å². The van der Waals surface area contributed by atoms with E-state index in [4.69, 9.17) is 4.99 Å². The van der Waals surface area contributed by atoms with Gasteiger partial charge in [-0.2, -0.15) is 0 Å². The van der Waals surface area contributed by atoms with Crippen molar-refractivity contribution in [3.8, 4) is 0 Å². The second-order valence-corrected chi connectivity index (χ2v) is 8.51. The third-order valence-corrected chi connectivity index (χ3v) is 6.83. The van der Waals surface area contributed by atoms with Gasteiger partial charge in [-0.1, -0.05) is 29.3 Å². The number of halogens is 1. The number of unbranched alkanes of at least 4 members (excludes halogenated alkanes) is 1. The molecule has 0 bridgehead atoms. The summed E-state index contributed by atoms with van der Waals surface area (Å²) >= 11 is 3.83. The molecule has 3 heteroatoms. The Hall–Kier alpha value is -0.670. The van der Waals surface area contributed by atoms with E-state index in [2.05, 4.69) is 55.9 Å². The number of aliphatic imine (C=N–C) groups is 1. The molecule has 1 unspecified atom stereocenters. The predicted octanol–water partition coefficient (Wildman–Crippen LogP) is 6.59. The van der Waals surface area contributed by atoms with Crippen molar-refractivity contribution in [1.29, 1.82) is 0 Å². The van der Waals surface area contributed by atoms with Gasteiger partial charge in [0.25, 0.3) is 0 Å². The van der Waals surface area contributed by atoms with Crippen molar-refractivity contribution in [2.75, 3.05) is 13.1 Å². The van der Waals surface area contributed by atoms with E-state index in [-0.39, 0.29) is 0 Å². The predicted molar refractivity (Wildman–Crippen MR) is 115 cm³/mol. The first-order chi connectivity index (χ1) is 12.0. The van der Waals surface area contributed by atoms with Crippen LogP contribution in [-0.4, -0.2) is 18.8 Å². The molecule has 25 heavy (non-hydrogen) atoms. The monoisotopic (exact) mass is 406 g/mol. The molecule has 2 nitrogen and oxygen atoms in total. The maximum Gasteiger partial charge on any atom is 0.0701 e. The van der Waals surface area contributed by atoms with Gasteiger partial charge in [-0.3, -0.25) is 4.99 Å². The highest BCUT2D eigenvalue weighted by molar-refractivity contribution is 9.10. The lowest BCUT2D eigenvalue weighted by molar-refractivity contribution is 0.489. The number of rotatable bonds is 6. The van der Waals surface area contributed by atoms with Crippen molar-refractivity contribution < 1.29 is 0 Å². The van der Waals surface area contributed by atoms with Gasteiger partial charge in [-0.25, -0.2) is 0 Å². The van der Waals surface area contributed by atoms with Gasteiger partial charge in [0.15, 0.2) is 0 Å². The molecule has 0 amide bonds. The van der Waals surface area contributed by atoms with Gasteiger partial charge in [0.05, 0.1) is 5.69 Å². The number of nitrogens with one attached hydrogen (secondary N) is 1. The Morgan fingerprint density at radius 1 is 1.12 bits per heavy atom. The topological polar surface area (TPSA) is 24.4 Å². The van der Waals surface area contributed by atoms with Crippen LogP contribution in [0.3, 0.4) is 0 Å². The molecule has 1 aliphatic rings. The SMILES string of the molecule is CCCCc1c(C)c(Br)c(C)c(N=C(C)CC2CCCNCC2)c1C. The second kappa shape index (κ2) is 9.87. The van der Waals surface area contributed by atoms with Crippen LogP contribution in [0.1, 0.15) is 74.6 Å². The molecule has 1 aromatic carbocycles. The molecule has 0 radical (unpaired) electrons. The van der Waals surface area contributed by atoms with Crippen LogP contribution in [0.15, 0.2) is 9.47 Å². The Balaban J connectivity index is 2.28. The van der Waals surface area contributed by atoms with E-state index >= 15 is 0 Å². The maximum absolute atomic E-state index is 5.12. The summed E-state index contributed by atoms with van der Waals surface area (Å²) in [4.78, 5) is 5.12. The minimum absolute atomic E-state index is 0.785. The summed E-state index contributed by atoms with van der Waals surface area (Å²) in [5, 5.41) is 3.51. The van der Waals surface area contributed by atoms with E-state index in [0.717, 1.165) is 25.3 Å². The zero-order valence-electron chi connectivity index (χ0n) is 16.8. The maximum atomic E-state index is 5.12. The van der Waals surface area contributed by atoms with Crippen LogP contribution in [-0.2, 0) is 6.42 Å². The standard InChI is InChI=1S/C22H35BrN2/c1-6-7-10-20-16(3)21(23)18(5)22(17(20)4)25-15(2)14-19-9-8-12-24-13-11-19/h19,24H,6-14H2,1-5H3. The number of hydrogen-bond acceptors (Lipinski definition) is 2. The summed E-state index contributed by atoms with van der Waals surface area (Å²) in [6.07, 6.45) is 8.68. The van der Waals surface area contributed by atoms with Crippen molar-refractivity contribution in [3.05, 3.63) is 26.7 Å². The van der Waals surface area contributed by atoms with Crippen LogP contribution < -0.4 is 5.32 Å². The molecule has 1 aromatic rings. The third-order valence-electron chi connectivity index (χ3n) is 5.64. The van der Waals surface area contributed by atoms with Crippen molar-refractivity contribution in [2.45, 2.75) is 79.6 Å². The van der Waals surface area contributed by atoms with Crippen molar-refractivity contribution in [3.63, 3.8) is 0 Å². The summed E-state index contributed by atoms with van der Waals surface area (Å²) in [6.45, 7) is 13.5. The molecule has 0 aliphatic carbocycles. The summed E-state index contributed by atoms with van der Waals surface area (Å²) in [5.74, 6) is 0.785. The lowest BCUT2D eigenvalue weighted by atomic mass is 9.93. The summed E-state index contributed by atoms with van der Waals surface area (Å²) < 4.78 is 1.24. The summed E-state index contributed by atoms with van der Waals surface area (Å²) in [5.41, 5.74) is 8.05. The fourth-order valence-electron chi connectivity index (χ4n) is 4.07. The molecule has 1 atom stereocenters. The van der Waals surface area contributed by atoms with Crippen LogP contribution in [0.2, 0.25) is 0 Å². The first-order valence-corrected chi connectivity index (χ1v) is 10.8. The van der Waals surface area contributed by atoms with Gasteiger partial charge in [-0.05, 0) is 107 Å². The molecule has 2 rings (SSSR count). The molecule has 1 saturated heterocycles.